The van der Waals surface area contributed by atoms with E-state index < -0.39 is 0 Å². The highest BCUT2D eigenvalue weighted by atomic mass is 16.2. The van der Waals surface area contributed by atoms with Crippen molar-refractivity contribution in [2.45, 2.75) is 45.6 Å². The van der Waals surface area contributed by atoms with E-state index >= 15 is 0 Å². The zero-order valence-corrected chi connectivity index (χ0v) is 15.4. The van der Waals surface area contributed by atoms with E-state index in [1.165, 1.54) is 25.7 Å². The predicted molar refractivity (Wildman–Crippen MR) is 97.6 cm³/mol. The SMILES string of the molecule is Cc1cc(N2CCN(C(=O)[C@@H](C3CC3)N3CCCC3)CC2)nc(C)n1. The molecule has 0 spiro atoms. The van der Waals surface area contributed by atoms with Gasteiger partial charge in [-0.1, -0.05) is 0 Å². The third kappa shape index (κ3) is 3.64. The van der Waals surface area contributed by atoms with Crippen molar-refractivity contribution in [3.63, 3.8) is 0 Å². The molecule has 3 fully saturated rings. The van der Waals surface area contributed by atoms with Gasteiger partial charge in [-0.25, -0.2) is 9.97 Å². The van der Waals surface area contributed by atoms with Crippen LogP contribution in [0.25, 0.3) is 0 Å². The lowest BCUT2D eigenvalue weighted by Crippen LogP contribution is -2.55. The number of hydrogen-bond donors (Lipinski definition) is 0. The summed E-state index contributed by atoms with van der Waals surface area (Å²) in [5, 5.41) is 0. The fourth-order valence-electron chi connectivity index (χ4n) is 4.29. The van der Waals surface area contributed by atoms with Gasteiger partial charge in [-0.2, -0.15) is 0 Å². The molecular formula is C19H29N5O. The summed E-state index contributed by atoms with van der Waals surface area (Å²) in [5.41, 5.74) is 1.00. The van der Waals surface area contributed by atoms with Gasteiger partial charge in [-0.05, 0) is 58.5 Å². The van der Waals surface area contributed by atoms with Gasteiger partial charge < -0.3 is 9.80 Å². The van der Waals surface area contributed by atoms with Gasteiger partial charge in [0, 0.05) is 37.9 Å². The number of carbonyl (C=O) groups excluding carboxylic acids is 1. The topological polar surface area (TPSA) is 52.6 Å². The first-order valence-corrected chi connectivity index (χ1v) is 9.72. The predicted octanol–water partition coefficient (Wildman–Crippen LogP) is 1.62. The van der Waals surface area contributed by atoms with Gasteiger partial charge in [0.05, 0.1) is 6.04 Å². The third-order valence-corrected chi connectivity index (χ3v) is 5.72. The second kappa shape index (κ2) is 6.90. The molecule has 136 valence electrons. The van der Waals surface area contributed by atoms with Crippen molar-refractivity contribution in [2.24, 2.45) is 5.92 Å². The highest BCUT2D eigenvalue weighted by molar-refractivity contribution is 5.83. The highest BCUT2D eigenvalue weighted by Crippen LogP contribution is 2.37. The Bertz CT molecular complexity index is 610. The normalized spacial score (nSPS) is 23.1. The molecule has 2 aliphatic heterocycles. The van der Waals surface area contributed by atoms with Crippen molar-refractivity contribution in [1.29, 1.82) is 0 Å². The number of rotatable bonds is 4. The van der Waals surface area contributed by atoms with E-state index in [1.807, 2.05) is 19.9 Å². The molecule has 0 aromatic carbocycles. The largest absolute Gasteiger partial charge is 0.353 e. The van der Waals surface area contributed by atoms with Crippen molar-refractivity contribution >= 4 is 11.7 Å². The molecule has 3 heterocycles. The lowest BCUT2D eigenvalue weighted by molar-refractivity contribution is -0.137. The molecule has 25 heavy (non-hydrogen) atoms. The molecule has 4 rings (SSSR count). The number of amides is 1. The van der Waals surface area contributed by atoms with Crippen LogP contribution in [0, 0.1) is 19.8 Å². The van der Waals surface area contributed by atoms with Crippen LogP contribution >= 0.6 is 0 Å². The minimum Gasteiger partial charge on any atom is -0.353 e. The van der Waals surface area contributed by atoms with Crippen LogP contribution in [0.4, 0.5) is 5.82 Å². The van der Waals surface area contributed by atoms with Crippen molar-refractivity contribution in [3.05, 3.63) is 17.6 Å². The number of carbonyl (C=O) groups is 1. The van der Waals surface area contributed by atoms with E-state index in [-0.39, 0.29) is 6.04 Å². The number of aryl methyl sites for hydroxylation is 2. The highest BCUT2D eigenvalue weighted by Gasteiger charge is 2.43. The molecule has 0 N–H and O–H groups in total. The number of nitrogens with zero attached hydrogens (tertiary/aromatic N) is 5. The number of piperazine rings is 1. The summed E-state index contributed by atoms with van der Waals surface area (Å²) >= 11 is 0. The van der Waals surface area contributed by atoms with Crippen LogP contribution in [0.3, 0.4) is 0 Å². The van der Waals surface area contributed by atoms with Crippen LogP contribution in [0.5, 0.6) is 0 Å². The molecule has 0 unspecified atom stereocenters. The van der Waals surface area contributed by atoms with Gasteiger partial charge in [-0.3, -0.25) is 9.69 Å². The van der Waals surface area contributed by atoms with Crippen LogP contribution in [-0.4, -0.2) is 71.0 Å². The Balaban J connectivity index is 1.39. The lowest BCUT2D eigenvalue weighted by Gasteiger charge is -2.39. The summed E-state index contributed by atoms with van der Waals surface area (Å²) in [4.78, 5) is 28.9. The molecule has 1 aromatic heterocycles. The van der Waals surface area contributed by atoms with E-state index in [1.54, 1.807) is 0 Å². The molecule has 3 aliphatic rings. The molecule has 0 bridgehead atoms. The third-order valence-electron chi connectivity index (χ3n) is 5.72. The van der Waals surface area contributed by atoms with E-state index in [9.17, 15) is 4.79 Å². The van der Waals surface area contributed by atoms with E-state index in [2.05, 4.69) is 24.7 Å². The van der Waals surface area contributed by atoms with Gasteiger partial charge in [0.1, 0.15) is 11.6 Å². The van der Waals surface area contributed by atoms with Crippen molar-refractivity contribution in [2.75, 3.05) is 44.2 Å². The van der Waals surface area contributed by atoms with Gasteiger partial charge in [0.25, 0.3) is 0 Å². The molecule has 6 nitrogen and oxygen atoms in total. The van der Waals surface area contributed by atoms with E-state index in [0.717, 1.165) is 56.6 Å². The monoisotopic (exact) mass is 343 g/mol. The maximum atomic E-state index is 13.2. The van der Waals surface area contributed by atoms with Crippen LogP contribution < -0.4 is 4.90 Å². The number of likely N-dealkylation sites (tertiary alicyclic amines) is 1. The van der Waals surface area contributed by atoms with Gasteiger partial charge in [-0.15, -0.1) is 0 Å². The number of aromatic nitrogens is 2. The molecule has 6 heteroatoms. The van der Waals surface area contributed by atoms with E-state index in [4.69, 9.17) is 0 Å². The van der Waals surface area contributed by atoms with Crippen molar-refractivity contribution < 1.29 is 4.79 Å². The Morgan fingerprint density at radius 1 is 1.04 bits per heavy atom. The fraction of sp³-hybridized carbons (Fsp3) is 0.737. The summed E-state index contributed by atoms with van der Waals surface area (Å²) in [6.45, 7) is 9.48. The summed E-state index contributed by atoms with van der Waals surface area (Å²) < 4.78 is 0. The summed E-state index contributed by atoms with van der Waals surface area (Å²) in [6, 6.07) is 2.19. The second-order valence-corrected chi connectivity index (χ2v) is 7.75. The van der Waals surface area contributed by atoms with Crippen LogP contribution in [0.1, 0.15) is 37.2 Å². The summed E-state index contributed by atoms with van der Waals surface area (Å²) in [6.07, 6.45) is 4.95. The zero-order chi connectivity index (χ0) is 17.4. The molecule has 0 radical (unpaired) electrons. The molecule has 1 aromatic rings. The van der Waals surface area contributed by atoms with Crippen molar-refractivity contribution in [3.8, 4) is 0 Å². The smallest absolute Gasteiger partial charge is 0.240 e. The minimum atomic E-state index is 0.151. The van der Waals surface area contributed by atoms with Crippen LogP contribution in [0.15, 0.2) is 6.07 Å². The van der Waals surface area contributed by atoms with Gasteiger partial charge in [0.15, 0.2) is 0 Å². The van der Waals surface area contributed by atoms with Gasteiger partial charge >= 0.3 is 0 Å². The Morgan fingerprint density at radius 3 is 2.32 bits per heavy atom. The first-order chi connectivity index (χ1) is 12.1. The Labute approximate surface area is 150 Å². The summed E-state index contributed by atoms with van der Waals surface area (Å²) in [7, 11) is 0. The Kier molecular flexibility index (Phi) is 4.63. The number of hydrogen-bond acceptors (Lipinski definition) is 5. The fourth-order valence-corrected chi connectivity index (χ4v) is 4.29. The average Bonchev–Trinajstić information content (AvgIpc) is 3.28. The molecule has 2 saturated heterocycles. The first-order valence-electron chi connectivity index (χ1n) is 9.72. The van der Waals surface area contributed by atoms with Crippen molar-refractivity contribution in [1.82, 2.24) is 19.8 Å². The van der Waals surface area contributed by atoms with Crippen LogP contribution in [0.2, 0.25) is 0 Å². The zero-order valence-electron chi connectivity index (χ0n) is 15.4. The maximum absolute atomic E-state index is 13.2. The first kappa shape index (κ1) is 16.8. The van der Waals surface area contributed by atoms with Crippen LogP contribution in [-0.2, 0) is 4.79 Å². The summed E-state index contributed by atoms with van der Waals surface area (Å²) in [5.74, 6) is 2.79. The molecule has 1 atom stereocenters. The molecular weight excluding hydrogens is 314 g/mol. The molecule has 1 aliphatic carbocycles. The maximum Gasteiger partial charge on any atom is 0.240 e. The Hall–Kier alpha value is -1.69. The molecule has 1 amide bonds. The standard InChI is InChI=1S/C19H29N5O/c1-14-13-17(21-15(2)20-14)22-9-11-24(12-10-22)19(25)18(16-5-6-16)23-7-3-4-8-23/h13,16,18H,3-12H2,1-2H3/t18-/m1/s1. The number of anilines is 1. The lowest BCUT2D eigenvalue weighted by atomic mass is 10.1. The van der Waals surface area contributed by atoms with E-state index in [0.29, 0.717) is 11.8 Å². The minimum absolute atomic E-state index is 0.151. The molecule has 1 saturated carbocycles. The second-order valence-electron chi connectivity index (χ2n) is 7.75. The average molecular weight is 343 g/mol. The quantitative estimate of drug-likeness (QED) is 0.831. The van der Waals surface area contributed by atoms with Gasteiger partial charge in [0.2, 0.25) is 5.91 Å². The Morgan fingerprint density at radius 2 is 1.72 bits per heavy atom.